The SMILES string of the molecule is CCOC(=O)[C@H]1CCCN(S(=O)(=O)c2cc(OCC(=O)NC3CCCCC3)c(C)cc2Cl)C1. The number of nitrogens with zero attached hydrogens (tertiary/aromatic N) is 1. The highest BCUT2D eigenvalue weighted by atomic mass is 35.5. The van der Waals surface area contributed by atoms with Crippen molar-refractivity contribution in [2.75, 3.05) is 26.3 Å². The van der Waals surface area contributed by atoms with Crippen molar-refractivity contribution in [1.29, 1.82) is 0 Å². The summed E-state index contributed by atoms with van der Waals surface area (Å²) in [6.45, 7) is 3.86. The number of esters is 1. The van der Waals surface area contributed by atoms with Crippen molar-refractivity contribution in [3.05, 3.63) is 22.7 Å². The zero-order valence-electron chi connectivity index (χ0n) is 19.3. The number of benzene rings is 1. The van der Waals surface area contributed by atoms with Gasteiger partial charge in [0.15, 0.2) is 6.61 Å². The summed E-state index contributed by atoms with van der Waals surface area (Å²) in [5.41, 5.74) is 0.632. The van der Waals surface area contributed by atoms with Crippen LogP contribution in [-0.2, 0) is 24.3 Å². The molecule has 1 saturated heterocycles. The van der Waals surface area contributed by atoms with Crippen LogP contribution in [-0.4, -0.2) is 56.9 Å². The number of nitrogens with one attached hydrogen (secondary N) is 1. The first-order valence-corrected chi connectivity index (χ1v) is 13.4. The predicted octanol–water partition coefficient (Wildman–Crippen LogP) is 3.44. The van der Waals surface area contributed by atoms with Gasteiger partial charge in [-0.3, -0.25) is 9.59 Å². The lowest BCUT2D eigenvalue weighted by atomic mass is 9.95. The van der Waals surface area contributed by atoms with Crippen molar-refractivity contribution in [2.24, 2.45) is 5.92 Å². The highest BCUT2D eigenvalue weighted by Gasteiger charge is 2.35. The van der Waals surface area contributed by atoms with Crippen LogP contribution >= 0.6 is 11.6 Å². The summed E-state index contributed by atoms with van der Waals surface area (Å²) in [5, 5.41) is 3.06. The number of halogens is 1. The van der Waals surface area contributed by atoms with E-state index in [-0.39, 0.29) is 53.3 Å². The van der Waals surface area contributed by atoms with E-state index >= 15 is 0 Å². The number of rotatable bonds is 8. The molecular formula is C23H33ClN2O6S. The van der Waals surface area contributed by atoms with E-state index < -0.39 is 15.9 Å². The molecule has 0 radical (unpaired) electrons. The number of hydrogen-bond acceptors (Lipinski definition) is 6. The Labute approximate surface area is 201 Å². The molecule has 1 aromatic carbocycles. The van der Waals surface area contributed by atoms with Crippen molar-refractivity contribution >= 4 is 33.5 Å². The second-order valence-electron chi connectivity index (χ2n) is 8.69. The Bertz CT molecular complexity index is 962. The molecule has 1 aliphatic carbocycles. The smallest absolute Gasteiger partial charge is 0.310 e. The molecule has 0 spiro atoms. The van der Waals surface area contributed by atoms with Gasteiger partial charge in [-0.1, -0.05) is 30.9 Å². The maximum absolute atomic E-state index is 13.4. The molecule has 1 saturated carbocycles. The molecule has 0 bridgehead atoms. The van der Waals surface area contributed by atoms with Crippen LogP contribution in [0.1, 0.15) is 57.4 Å². The van der Waals surface area contributed by atoms with Crippen molar-refractivity contribution in [3.63, 3.8) is 0 Å². The predicted molar refractivity (Wildman–Crippen MR) is 125 cm³/mol. The Hall–Kier alpha value is -1.84. The van der Waals surface area contributed by atoms with Crippen LogP contribution < -0.4 is 10.1 Å². The first kappa shape index (κ1) is 25.8. The van der Waals surface area contributed by atoms with Crippen LogP contribution in [0.3, 0.4) is 0 Å². The van der Waals surface area contributed by atoms with Gasteiger partial charge in [0.25, 0.3) is 5.91 Å². The monoisotopic (exact) mass is 500 g/mol. The van der Waals surface area contributed by atoms with Crippen LogP contribution in [0.5, 0.6) is 5.75 Å². The van der Waals surface area contributed by atoms with Gasteiger partial charge in [-0.15, -0.1) is 0 Å². The maximum Gasteiger partial charge on any atom is 0.310 e. The number of carbonyl (C=O) groups is 2. The Kier molecular flexibility index (Phi) is 9.01. The Morgan fingerprint density at radius 3 is 2.58 bits per heavy atom. The largest absolute Gasteiger partial charge is 0.483 e. The van der Waals surface area contributed by atoms with Gasteiger partial charge in [0, 0.05) is 25.2 Å². The molecule has 1 amide bonds. The Morgan fingerprint density at radius 1 is 1.15 bits per heavy atom. The fraction of sp³-hybridized carbons (Fsp3) is 0.652. The van der Waals surface area contributed by atoms with Gasteiger partial charge >= 0.3 is 5.97 Å². The number of sulfonamides is 1. The number of amides is 1. The van der Waals surface area contributed by atoms with E-state index in [2.05, 4.69) is 5.32 Å². The fourth-order valence-corrected chi connectivity index (χ4v) is 6.50. The molecule has 1 N–H and O–H groups in total. The van der Waals surface area contributed by atoms with Crippen LogP contribution in [0.25, 0.3) is 0 Å². The van der Waals surface area contributed by atoms with E-state index in [4.69, 9.17) is 21.1 Å². The van der Waals surface area contributed by atoms with Gasteiger partial charge in [0.05, 0.1) is 17.5 Å². The Balaban J connectivity index is 1.71. The van der Waals surface area contributed by atoms with Gasteiger partial charge in [-0.25, -0.2) is 8.42 Å². The summed E-state index contributed by atoms with van der Waals surface area (Å²) in [4.78, 5) is 24.4. The quantitative estimate of drug-likeness (QED) is 0.548. The van der Waals surface area contributed by atoms with Gasteiger partial charge < -0.3 is 14.8 Å². The van der Waals surface area contributed by atoms with E-state index in [1.807, 2.05) is 0 Å². The zero-order chi connectivity index (χ0) is 24.0. The summed E-state index contributed by atoms with van der Waals surface area (Å²) < 4.78 is 38.7. The van der Waals surface area contributed by atoms with Crippen LogP contribution in [0, 0.1) is 12.8 Å². The molecule has 1 atom stereocenters. The second kappa shape index (κ2) is 11.5. The number of carbonyl (C=O) groups excluding carboxylic acids is 2. The van der Waals surface area contributed by atoms with E-state index in [1.54, 1.807) is 13.8 Å². The first-order chi connectivity index (χ1) is 15.7. The summed E-state index contributed by atoms with van der Waals surface area (Å²) in [5.74, 6) is -0.831. The lowest BCUT2D eigenvalue weighted by Gasteiger charge is -2.31. The van der Waals surface area contributed by atoms with Gasteiger partial charge in [-0.2, -0.15) is 4.31 Å². The summed E-state index contributed by atoms with van der Waals surface area (Å²) in [7, 11) is -3.96. The fourth-order valence-electron chi connectivity index (χ4n) is 4.40. The topological polar surface area (TPSA) is 102 Å². The number of piperidine rings is 1. The van der Waals surface area contributed by atoms with Gasteiger partial charge in [-0.05, 0) is 51.2 Å². The maximum atomic E-state index is 13.4. The minimum atomic E-state index is -3.96. The average Bonchev–Trinajstić information content (AvgIpc) is 2.79. The average molecular weight is 501 g/mol. The van der Waals surface area contributed by atoms with Gasteiger partial charge in [0.2, 0.25) is 10.0 Å². The van der Waals surface area contributed by atoms with E-state index in [0.717, 1.165) is 25.7 Å². The number of hydrogen-bond donors (Lipinski definition) is 1. The lowest BCUT2D eigenvalue weighted by molar-refractivity contribution is -0.149. The summed E-state index contributed by atoms with van der Waals surface area (Å²) in [6.07, 6.45) is 6.48. The molecule has 1 aliphatic heterocycles. The molecule has 33 heavy (non-hydrogen) atoms. The molecule has 2 aliphatic rings. The molecule has 8 nitrogen and oxygen atoms in total. The first-order valence-electron chi connectivity index (χ1n) is 11.6. The minimum Gasteiger partial charge on any atom is -0.483 e. The molecule has 184 valence electrons. The molecule has 10 heteroatoms. The third-order valence-corrected chi connectivity index (χ3v) is 8.51. The van der Waals surface area contributed by atoms with Gasteiger partial charge in [0.1, 0.15) is 10.6 Å². The van der Waals surface area contributed by atoms with Crippen molar-refractivity contribution in [2.45, 2.75) is 69.7 Å². The number of aryl methyl sites for hydroxylation is 1. The molecule has 1 aromatic rings. The highest BCUT2D eigenvalue weighted by Crippen LogP contribution is 2.33. The molecule has 2 fully saturated rings. The van der Waals surface area contributed by atoms with Crippen LogP contribution in [0.15, 0.2) is 17.0 Å². The third kappa shape index (κ3) is 6.61. The highest BCUT2D eigenvalue weighted by molar-refractivity contribution is 7.89. The van der Waals surface area contributed by atoms with Crippen molar-refractivity contribution < 1.29 is 27.5 Å². The van der Waals surface area contributed by atoms with Crippen molar-refractivity contribution in [1.82, 2.24) is 9.62 Å². The van der Waals surface area contributed by atoms with E-state index in [9.17, 15) is 18.0 Å². The lowest BCUT2D eigenvalue weighted by Crippen LogP contribution is -2.42. The molecular weight excluding hydrogens is 468 g/mol. The minimum absolute atomic E-state index is 0.0470. The molecule has 0 aromatic heterocycles. The zero-order valence-corrected chi connectivity index (χ0v) is 20.8. The van der Waals surface area contributed by atoms with E-state index in [1.165, 1.54) is 22.9 Å². The summed E-state index contributed by atoms with van der Waals surface area (Å²) in [6, 6.07) is 3.06. The van der Waals surface area contributed by atoms with Crippen LogP contribution in [0.4, 0.5) is 0 Å². The third-order valence-electron chi connectivity index (χ3n) is 6.18. The second-order valence-corrected chi connectivity index (χ2v) is 11.0. The molecule has 3 rings (SSSR count). The normalized spacial score (nSPS) is 20.3. The molecule has 1 heterocycles. The summed E-state index contributed by atoms with van der Waals surface area (Å²) >= 11 is 6.31. The molecule has 0 unspecified atom stereocenters. The number of ether oxygens (including phenoxy) is 2. The van der Waals surface area contributed by atoms with Crippen molar-refractivity contribution in [3.8, 4) is 5.75 Å². The standard InChI is InChI=1S/C23H33ClN2O6S/c1-3-31-23(28)17-8-7-11-26(14-17)33(29,30)21-13-20(16(2)12-19(21)24)32-15-22(27)25-18-9-5-4-6-10-18/h12-13,17-18H,3-11,14-15H2,1-2H3,(H,25,27)/t17-/m0/s1. The van der Waals surface area contributed by atoms with E-state index in [0.29, 0.717) is 24.9 Å². The van der Waals surface area contributed by atoms with Crippen LogP contribution in [0.2, 0.25) is 5.02 Å². The Morgan fingerprint density at radius 2 is 1.88 bits per heavy atom.